The van der Waals surface area contributed by atoms with Crippen LogP contribution in [0.4, 0.5) is 0 Å². The van der Waals surface area contributed by atoms with Crippen LogP contribution in [0.5, 0.6) is 0 Å². The van der Waals surface area contributed by atoms with Crippen molar-refractivity contribution in [2.45, 2.75) is 26.8 Å². The molecule has 1 amide bonds. The second kappa shape index (κ2) is 5.44. The van der Waals surface area contributed by atoms with E-state index in [0.29, 0.717) is 31.9 Å². The van der Waals surface area contributed by atoms with Crippen LogP contribution in [0.25, 0.3) is 11.0 Å². The number of amides is 1. The van der Waals surface area contributed by atoms with Gasteiger partial charge in [-0.3, -0.25) is 4.79 Å². The normalized spacial score (nSPS) is 15.9. The lowest BCUT2D eigenvalue weighted by atomic mass is 10.1. The molecule has 1 aliphatic heterocycles. The number of aryl methyl sites for hydroxylation is 1. The summed E-state index contributed by atoms with van der Waals surface area (Å²) in [6, 6.07) is 2.06. The van der Waals surface area contributed by atoms with Crippen molar-refractivity contribution in [3.63, 3.8) is 0 Å². The fourth-order valence-corrected chi connectivity index (χ4v) is 2.63. The lowest BCUT2D eigenvalue weighted by molar-refractivity contribution is 0.0304. The number of morpholine rings is 1. The van der Waals surface area contributed by atoms with Gasteiger partial charge in [0.2, 0.25) is 0 Å². The summed E-state index contributed by atoms with van der Waals surface area (Å²) in [7, 11) is 0. The Kier molecular flexibility index (Phi) is 3.63. The van der Waals surface area contributed by atoms with Crippen molar-refractivity contribution in [1.29, 1.82) is 0 Å². The summed E-state index contributed by atoms with van der Waals surface area (Å²) < 4.78 is 7.17. The van der Waals surface area contributed by atoms with Gasteiger partial charge in [0, 0.05) is 24.8 Å². The molecule has 3 rings (SSSR count). The zero-order valence-corrected chi connectivity index (χ0v) is 12.7. The van der Waals surface area contributed by atoms with E-state index in [9.17, 15) is 4.79 Å². The molecule has 6 heteroatoms. The van der Waals surface area contributed by atoms with Gasteiger partial charge in [-0.05, 0) is 26.8 Å². The second-order valence-electron chi connectivity index (χ2n) is 5.64. The molecule has 6 nitrogen and oxygen atoms in total. The molecule has 0 spiro atoms. The van der Waals surface area contributed by atoms with Crippen LogP contribution in [0.3, 0.4) is 0 Å². The summed E-state index contributed by atoms with van der Waals surface area (Å²) in [4.78, 5) is 19.1. The van der Waals surface area contributed by atoms with Crippen LogP contribution in [0.1, 0.15) is 35.9 Å². The van der Waals surface area contributed by atoms with Crippen molar-refractivity contribution >= 4 is 16.9 Å². The van der Waals surface area contributed by atoms with E-state index in [4.69, 9.17) is 4.74 Å². The van der Waals surface area contributed by atoms with Crippen molar-refractivity contribution in [2.24, 2.45) is 0 Å². The van der Waals surface area contributed by atoms with Gasteiger partial charge in [-0.2, -0.15) is 5.10 Å². The molecule has 21 heavy (non-hydrogen) atoms. The maximum absolute atomic E-state index is 12.8. The van der Waals surface area contributed by atoms with Crippen molar-refractivity contribution < 1.29 is 9.53 Å². The number of carbonyl (C=O) groups excluding carboxylic acids is 1. The Morgan fingerprint density at radius 3 is 2.71 bits per heavy atom. The van der Waals surface area contributed by atoms with E-state index in [-0.39, 0.29) is 11.9 Å². The predicted octanol–water partition coefficient (Wildman–Crippen LogP) is 1.79. The first-order valence-corrected chi connectivity index (χ1v) is 7.30. The molecule has 0 radical (unpaired) electrons. The average molecular weight is 288 g/mol. The van der Waals surface area contributed by atoms with Gasteiger partial charge in [0.05, 0.1) is 30.4 Å². The number of ether oxygens (including phenoxy) is 1. The van der Waals surface area contributed by atoms with E-state index < -0.39 is 0 Å². The number of fused-ring (bicyclic) bond motifs is 1. The minimum absolute atomic E-state index is 0.0390. The SMILES string of the molecule is Cc1cc(C(=O)N2CCOCC2)c2cnn(C(C)C)c2n1. The lowest BCUT2D eigenvalue weighted by Crippen LogP contribution is -2.40. The number of aromatic nitrogens is 3. The van der Waals surface area contributed by atoms with Crippen LogP contribution in [-0.4, -0.2) is 51.9 Å². The Morgan fingerprint density at radius 2 is 2.05 bits per heavy atom. The smallest absolute Gasteiger partial charge is 0.254 e. The van der Waals surface area contributed by atoms with Gasteiger partial charge in [-0.15, -0.1) is 0 Å². The van der Waals surface area contributed by atoms with E-state index >= 15 is 0 Å². The van der Waals surface area contributed by atoms with Gasteiger partial charge in [0.1, 0.15) is 0 Å². The van der Waals surface area contributed by atoms with Gasteiger partial charge in [-0.25, -0.2) is 9.67 Å². The zero-order chi connectivity index (χ0) is 15.0. The Morgan fingerprint density at radius 1 is 1.33 bits per heavy atom. The van der Waals surface area contributed by atoms with Gasteiger partial charge < -0.3 is 9.64 Å². The summed E-state index contributed by atoms with van der Waals surface area (Å²) >= 11 is 0. The van der Waals surface area contributed by atoms with Crippen LogP contribution in [0, 0.1) is 6.92 Å². The molecule has 0 bridgehead atoms. The number of carbonyl (C=O) groups is 1. The predicted molar refractivity (Wildman–Crippen MR) is 79.4 cm³/mol. The molecule has 0 saturated carbocycles. The highest BCUT2D eigenvalue weighted by Gasteiger charge is 2.22. The number of rotatable bonds is 2. The Labute approximate surface area is 123 Å². The van der Waals surface area contributed by atoms with Gasteiger partial charge in [0.15, 0.2) is 5.65 Å². The van der Waals surface area contributed by atoms with Gasteiger partial charge in [0.25, 0.3) is 5.91 Å². The summed E-state index contributed by atoms with van der Waals surface area (Å²) in [6.45, 7) is 8.50. The molecule has 2 aromatic heterocycles. The van der Waals surface area contributed by atoms with Crippen molar-refractivity contribution in [2.75, 3.05) is 26.3 Å². The molecule has 112 valence electrons. The molecule has 1 saturated heterocycles. The van der Waals surface area contributed by atoms with Gasteiger partial charge >= 0.3 is 0 Å². The molecule has 1 aliphatic rings. The Hall–Kier alpha value is -1.95. The highest BCUT2D eigenvalue weighted by molar-refractivity contribution is 6.05. The van der Waals surface area contributed by atoms with Crippen molar-refractivity contribution in [1.82, 2.24) is 19.7 Å². The van der Waals surface area contributed by atoms with Crippen LogP contribution >= 0.6 is 0 Å². The second-order valence-corrected chi connectivity index (χ2v) is 5.64. The summed E-state index contributed by atoms with van der Waals surface area (Å²) in [5.41, 5.74) is 2.30. The van der Waals surface area contributed by atoms with Crippen molar-refractivity contribution in [3.05, 3.63) is 23.5 Å². The van der Waals surface area contributed by atoms with Crippen LogP contribution in [-0.2, 0) is 4.74 Å². The van der Waals surface area contributed by atoms with E-state index in [1.54, 1.807) is 6.20 Å². The van der Waals surface area contributed by atoms with E-state index in [1.165, 1.54) is 0 Å². The molecule has 2 aromatic rings. The fourth-order valence-electron chi connectivity index (χ4n) is 2.63. The minimum atomic E-state index is 0.0390. The topological polar surface area (TPSA) is 60.3 Å². The lowest BCUT2D eigenvalue weighted by Gasteiger charge is -2.27. The third kappa shape index (κ3) is 2.51. The standard InChI is InChI=1S/C15H20N4O2/c1-10(2)19-14-13(9-16-19)12(8-11(3)17-14)15(20)18-4-6-21-7-5-18/h8-10H,4-7H2,1-3H3. The first kappa shape index (κ1) is 14.0. The highest BCUT2D eigenvalue weighted by Crippen LogP contribution is 2.22. The Bertz CT molecular complexity index is 672. The average Bonchev–Trinajstić information content (AvgIpc) is 2.90. The highest BCUT2D eigenvalue weighted by atomic mass is 16.5. The van der Waals surface area contributed by atoms with E-state index in [0.717, 1.165) is 16.7 Å². The monoisotopic (exact) mass is 288 g/mol. The maximum Gasteiger partial charge on any atom is 0.254 e. The molecule has 0 aliphatic carbocycles. The van der Waals surface area contributed by atoms with E-state index in [2.05, 4.69) is 23.9 Å². The molecule has 3 heterocycles. The van der Waals surface area contributed by atoms with Crippen LogP contribution in [0.15, 0.2) is 12.3 Å². The molecular formula is C15H20N4O2. The molecule has 0 N–H and O–H groups in total. The number of hydrogen-bond donors (Lipinski definition) is 0. The molecule has 0 unspecified atom stereocenters. The number of nitrogens with zero attached hydrogens (tertiary/aromatic N) is 4. The number of hydrogen-bond acceptors (Lipinski definition) is 4. The van der Waals surface area contributed by atoms with Gasteiger partial charge in [-0.1, -0.05) is 0 Å². The quantitative estimate of drug-likeness (QED) is 0.845. The summed E-state index contributed by atoms with van der Waals surface area (Å²) in [5.74, 6) is 0.0390. The first-order chi connectivity index (χ1) is 10.1. The largest absolute Gasteiger partial charge is 0.378 e. The minimum Gasteiger partial charge on any atom is -0.378 e. The number of pyridine rings is 1. The summed E-state index contributed by atoms with van der Waals surface area (Å²) in [6.07, 6.45) is 1.75. The van der Waals surface area contributed by atoms with Crippen LogP contribution < -0.4 is 0 Å². The third-order valence-corrected chi connectivity index (χ3v) is 3.71. The fraction of sp³-hybridized carbons (Fsp3) is 0.533. The maximum atomic E-state index is 12.8. The molecule has 1 fully saturated rings. The zero-order valence-electron chi connectivity index (χ0n) is 12.7. The molecule has 0 aromatic carbocycles. The third-order valence-electron chi connectivity index (χ3n) is 3.71. The molecule has 0 atom stereocenters. The van der Waals surface area contributed by atoms with Crippen molar-refractivity contribution in [3.8, 4) is 0 Å². The Balaban J connectivity index is 2.07. The molecular weight excluding hydrogens is 268 g/mol. The van der Waals surface area contributed by atoms with E-state index in [1.807, 2.05) is 22.6 Å². The van der Waals surface area contributed by atoms with Crippen LogP contribution in [0.2, 0.25) is 0 Å². The first-order valence-electron chi connectivity index (χ1n) is 7.30. The summed E-state index contributed by atoms with van der Waals surface area (Å²) in [5, 5.41) is 5.21.